The molecule has 0 bridgehead atoms. The van der Waals surface area contributed by atoms with Gasteiger partial charge in [0, 0.05) is 24.7 Å². The summed E-state index contributed by atoms with van der Waals surface area (Å²) < 4.78 is 18.5. The molecule has 2 amide bonds. The van der Waals surface area contributed by atoms with Gasteiger partial charge in [-0.15, -0.1) is 0 Å². The lowest BCUT2D eigenvalue weighted by atomic mass is 9.95. The van der Waals surface area contributed by atoms with E-state index in [1.165, 1.54) is 12.1 Å². The summed E-state index contributed by atoms with van der Waals surface area (Å²) >= 11 is 5.58. The molecule has 7 nitrogen and oxygen atoms in total. The maximum Gasteiger partial charge on any atom is 0.262 e. The van der Waals surface area contributed by atoms with Gasteiger partial charge in [0.1, 0.15) is 17.7 Å². The molecule has 9 heteroatoms. The minimum atomic E-state index is -0.627. The average molecular weight is 415 g/mol. The molecule has 0 saturated carbocycles. The Kier molecular flexibility index (Phi) is 8.22. The van der Waals surface area contributed by atoms with E-state index in [0.29, 0.717) is 25.1 Å². The summed E-state index contributed by atoms with van der Waals surface area (Å²) in [6.45, 7) is 7.38. The van der Waals surface area contributed by atoms with Crippen LogP contribution in [0.5, 0.6) is 5.75 Å². The Morgan fingerprint density at radius 3 is 2.82 bits per heavy atom. The van der Waals surface area contributed by atoms with Crippen LogP contribution in [-0.4, -0.2) is 37.2 Å². The Labute approximate surface area is 168 Å². The molecule has 0 spiro atoms. The lowest BCUT2D eigenvalue weighted by molar-refractivity contribution is -0.375. The predicted octanol–water partition coefficient (Wildman–Crippen LogP) is 2.74. The maximum atomic E-state index is 13.3. The highest BCUT2D eigenvalue weighted by Gasteiger charge is 2.33. The van der Waals surface area contributed by atoms with Crippen LogP contribution < -0.4 is 15.4 Å². The summed E-state index contributed by atoms with van der Waals surface area (Å²) in [6, 6.07) is 3.91. The van der Waals surface area contributed by atoms with Gasteiger partial charge in [0.15, 0.2) is 6.61 Å². The fraction of sp³-hybridized carbons (Fsp3) is 0.474. The first-order valence-electron chi connectivity index (χ1n) is 8.91. The fourth-order valence-corrected chi connectivity index (χ4v) is 2.75. The highest BCUT2D eigenvalue weighted by atomic mass is 35.5. The third-order valence-corrected chi connectivity index (χ3v) is 4.47. The number of benzene rings is 1. The quantitative estimate of drug-likeness (QED) is 0.639. The summed E-state index contributed by atoms with van der Waals surface area (Å²) in [6.07, 6.45) is 0.471. The molecule has 1 heterocycles. The van der Waals surface area contributed by atoms with E-state index in [9.17, 15) is 14.0 Å². The minimum absolute atomic E-state index is 0.0246. The Hall–Kier alpha value is -2.16. The molecule has 0 aromatic heterocycles. The van der Waals surface area contributed by atoms with Crippen LogP contribution in [0.25, 0.3) is 0 Å². The standard InChI is InChI=1S/C19H24ClFN2O5/c1-11(6-7-22-19(25)15-8-12(2)27-28-13(15)3)23-18(24)10-26-14-4-5-16(20)17(21)9-14/h4-5,9,12-13,15H,1,6-8,10H2,2-3H3,(H,22,25)(H,23,24). The molecule has 3 atom stereocenters. The smallest absolute Gasteiger partial charge is 0.262 e. The van der Waals surface area contributed by atoms with Crippen molar-refractivity contribution >= 4 is 23.4 Å². The van der Waals surface area contributed by atoms with Crippen molar-refractivity contribution in [1.82, 2.24) is 10.6 Å². The molecule has 28 heavy (non-hydrogen) atoms. The first-order chi connectivity index (χ1) is 13.3. The minimum Gasteiger partial charge on any atom is -0.484 e. The van der Waals surface area contributed by atoms with Gasteiger partial charge in [-0.1, -0.05) is 18.2 Å². The van der Waals surface area contributed by atoms with Crippen molar-refractivity contribution in [2.45, 2.75) is 38.9 Å². The lowest BCUT2D eigenvalue weighted by Crippen LogP contribution is -2.43. The van der Waals surface area contributed by atoms with Crippen LogP contribution in [0.1, 0.15) is 26.7 Å². The normalized spacial score (nSPS) is 21.6. The molecule has 1 aliphatic rings. The lowest BCUT2D eigenvalue weighted by Gasteiger charge is -2.30. The van der Waals surface area contributed by atoms with Gasteiger partial charge >= 0.3 is 0 Å². The summed E-state index contributed by atoms with van der Waals surface area (Å²) in [5, 5.41) is 5.35. The molecule has 2 N–H and O–H groups in total. The molecular weight excluding hydrogens is 391 g/mol. The molecule has 2 rings (SSSR count). The largest absolute Gasteiger partial charge is 0.484 e. The van der Waals surface area contributed by atoms with E-state index in [4.69, 9.17) is 26.1 Å². The second-order valence-corrected chi connectivity index (χ2v) is 7.01. The fourth-order valence-electron chi connectivity index (χ4n) is 2.64. The Bertz CT molecular complexity index is 730. The summed E-state index contributed by atoms with van der Waals surface area (Å²) in [5.41, 5.74) is 0.431. The number of rotatable bonds is 8. The molecule has 1 aromatic carbocycles. The second kappa shape index (κ2) is 10.4. The Morgan fingerprint density at radius 1 is 1.36 bits per heavy atom. The summed E-state index contributed by atoms with van der Waals surface area (Å²) in [7, 11) is 0. The van der Waals surface area contributed by atoms with Crippen molar-refractivity contribution in [3.05, 3.63) is 41.3 Å². The molecule has 1 aliphatic heterocycles. The van der Waals surface area contributed by atoms with Gasteiger partial charge in [0.05, 0.1) is 17.0 Å². The van der Waals surface area contributed by atoms with E-state index < -0.39 is 11.7 Å². The Balaban J connectivity index is 1.66. The molecular formula is C19H24ClFN2O5. The molecule has 3 unspecified atom stereocenters. The van der Waals surface area contributed by atoms with E-state index in [-0.39, 0.29) is 41.4 Å². The zero-order chi connectivity index (χ0) is 20.7. The van der Waals surface area contributed by atoms with Gasteiger partial charge in [0.25, 0.3) is 5.91 Å². The number of carbonyl (C=O) groups is 2. The van der Waals surface area contributed by atoms with Gasteiger partial charge < -0.3 is 15.4 Å². The van der Waals surface area contributed by atoms with Crippen LogP contribution in [-0.2, 0) is 19.4 Å². The SMILES string of the molecule is C=C(CCNC(=O)C1CC(C)OOC1C)NC(=O)COc1ccc(Cl)c(F)c1. The van der Waals surface area contributed by atoms with E-state index >= 15 is 0 Å². The van der Waals surface area contributed by atoms with Crippen LogP contribution >= 0.6 is 11.6 Å². The molecule has 1 aromatic rings. The third-order valence-electron chi connectivity index (χ3n) is 4.16. The van der Waals surface area contributed by atoms with Crippen molar-refractivity contribution in [2.24, 2.45) is 5.92 Å². The number of amides is 2. The van der Waals surface area contributed by atoms with Gasteiger partial charge in [-0.3, -0.25) is 9.59 Å². The van der Waals surface area contributed by atoms with E-state index in [0.717, 1.165) is 6.07 Å². The van der Waals surface area contributed by atoms with Gasteiger partial charge in [-0.05, 0) is 32.4 Å². The molecule has 1 saturated heterocycles. The van der Waals surface area contributed by atoms with E-state index in [1.54, 1.807) is 6.92 Å². The second-order valence-electron chi connectivity index (χ2n) is 6.61. The van der Waals surface area contributed by atoms with Crippen molar-refractivity contribution in [3.63, 3.8) is 0 Å². The molecule has 0 aliphatic carbocycles. The first-order valence-corrected chi connectivity index (χ1v) is 9.29. The Morgan fingerprint density at radius 2 is 2.11 bits per heavy atom. The zero-order valence-electron chi connectivity index (χ0n) is 15.8. The molecule has 0 radical (unpaired) electrons. The molecule has 154 valence electrons. The summed E-state index contributed by atoms with van der Waals surface area (Å²) in [5.74, 6) is -1.29. The monoisotopic (exact) mass is 414 g/mol. The van der Waals surface area contributed by atoms with Crippen LogP contribution in [0.15, 0.2) is 30.5 Å². The first kappa shape index (κ1) is 22.1. The topological polar surface area (TPSA) is 85.9 Å². The zero-order valence-corrected chi connectivity index (χ0v) is 16.6. The van der Waals surface area contributed by atoms with Crippen molar-refractivity contribution in [2.75, 3.05) is 13.2 Å². The van der Waals surface area contributed by atoms with E-state index in [2.05, 4.69) is 17.2 Å². The van der Waals surface area contributed by atoms with Crippen molar-refractivity contribution in [3.8, 4) is 5.75 Å². The van der Waals surface area contributed by atoms with Crippen LogP contribution in [0.2, 0.25) is 5.02 Å². The number of ether oxygens (including phenoxy) is 1. The highest BCUT2D eigenvalue weighted by Crippen LogP contribution is 2.23. The van der Waals surface area contributed by atoms with E-state index in [1.807, 2.05) is 6.92 Å². The van der Waals surface area contributed by atoms with Gasteiger partial charge in [-0.25, -0.2) is 14.2 Å². The molecule has 1 fully saturated rings. The van der Waals surface area contributed by atoms with Crippen LogP contribution in [0, 0.1) is 11.7 Å². The summed E-state index contributed by atoms with van der Waals surface area (Å²) in [4.78, 5) is 34.3. The van der Waals surface area contributed by atoms with Gasteiger partial charge in [0.2, 0.25) is 5.91 Å². The third kappa shape index (κ3) is 6.78. The number of hydrogen-bond donors (Lipinski definition) is 2. The van der Waals surface area contributed by atoms with Crippen molar-refractivity contribution in [1.29, 1.82) is 0 Å². The maximum absolute atomic E-state index is 13.3. The number of halogens is 2. The number of hydrogen-bond acceptors (Lipinski definition) is 5. The van der Waals surface area contributed by atoms with Crippen molar-refractivity contribution < 1.29 is 28.5 Å². The average Bonchev–Trinajstić information content (AvgIpc) is 2.64. The van der Waals surface area contributed by atoms with Crippen LogP contribution in [0.3, 0.4) is 0 Å². The number of nitrogens with one attached hydrogen (secondary N) is 2. The number of carbonyl (C=O) groups excluding carboxylic acids is 2. The highest BCUT2D eigenvalue weighted by molar-refractivity contribution is 6.30. The predicted molar refractivity (Wildman–Crippen MR) is 101 cm³/mol. The van der Waals surface area contributed by atoms with Crippen LogP contribution in [0.4, 0.5) is 4.39 Å². The van der Waals surface area contributed by atoms with Gasteiger partial charge in [-0.2, -0.15) is 0 Å².